The topological polar surface area (TPSA) is 70.1 Å². The Morgan fingerprint density at radius 2 is 2.12 bits per heavy atom. The molecule has 0 aromatic carbocycles. The van der Waals surface area contributed by atoms with Gasteiger partial charge >= 0.3 is 0 Å². The molecule has 0 amide bonds. The molecule has 3 N–H and O–H groups in total. The van der Waals surface area contributed by atoms with Crippen LogP contribution in [0.2, 0.25) is 0 Å². The molecule has 7 heteroatoms. The number of hydrogen-bond acceptors (Lipinski definition) is 5. The summed E-state index contributed by atoms with van der Waals surface area (Å²) in [4.78, 5) is 8.12. The van der Waals surface area contributed by atoms with Gasteiger partial charge in [0.2, 0.25) is 5.95 Å². The van der Waals surface area contributed by atoms with Crippen molar-refractivity contribution in [3.05, 3.63) is 11.8 Å². The number of aliphatic hydroxyl groups is 1. The third-order valence-corrected chi connectivity index (χ3v) is 2.08. The predicted molar refractivity (Wildman–Crippen MR) is 61.4 cm³/mol. The van der Waals surface area contributed by atoms with Gasteiger partial charge in [0, 0.05) is 24.8 Å². The Hall–Kier alpha value is -1.50. The average molecular weight is 246 g/mol. The van der Waals surface area contributed by atoms with Gasteiger partial charge in [0.25, 0.3) is 6.43 Å². The highest BCUT2D eigenvalue weighted by atomic mass is 19.3. The van der Waals surface area contributed by atoms with Crippen LogP contribution in [0.1, 0.15) is 12.5 Å². The lowest BCUT2D eigenvalue weighted by molar-refractivity contribution is 0.00380. The molecule has 0 aliphatic rings. The van der Waals surface area contributed by atoms with Gasteiger partial charge in [-0.05, 0) is 13.8 Å². The molecule has 0 aliphatic carbocycles. The number of rotatable bonds is 6. The first kappa shape index (κ1) is 13.6. The molecule has 5 nitrogen and oxygen atoms in total. The Morgan fingerprint density at radius 1 is 1.41 bits per heavy atom. The SMILES string of the molecule is CCNc1ncc(C)c(NCC(O)C(F)F)n1. The number of nitrogens with zero attached hydrogens (tertiary/aromatic N) is 2. The molecule has 0 saturated heterocycles. The van der Waals surface area contributed by atoms with Gasteiger partial charge in [0.15, 0.2) is 0 Å². The van der Waals surface area contributed by atoms with Gasteiger partial charge < -0.3 is 15.7 Å². The van der Waals surface area contributed by atoms with Crippen molar-refractivity contribution in [2.45, 2.75) is 26.4 Å². The van der Waals surface area contributed by atoms with Gasteiger partial charge in [0.1, 0.15) is 11.9 Å². The summed E-state index contributed by atoms with van der Waals surface area (Å²) in [5, 5.41) is 14.6. The Morgan fingerprint density at radius 3 is 2.71 bits per heavy atom. The first-order valence-electron chi connectivity index (χ1n) is 5.32. The smallest absolute Gasteiger partial charge is 0.265 e. The van der Waals surface area contributed by atoms with Crippen molar-refractivity contribution in [1.82, 2.24) is 9.97 Å². The van der Waals surface area contributed by atoms with E-state index in [1.165, 1.54) is 0 Å². The summed E-state index contributed by atoms with van der Waals surface area (Å²) in [6, 6.07) is 0. The van der Waals surface area contributed by atoms with Gasteiger partial charge in [-0.1, -0.05) is 0 Å². The van der Waals surface area contributed by atoms with E-state index in [1.54, 1.807) is 13.1 Å². The number of aryl methyl sites for hydroxylation is 1. The second-order valence-electron chi connectivity index (χ2n) is 3.54. The van der Waals surface area contributed by atoms with Crippen molar-refractivity contribution < 1.29 is 13.9 Å². The number of anilines is 2. The normalized spacial score (nSPS) is 12.6. The maximum absolute atomic E-state index is 12.1. The molecule has 0 fully saturated rings. The van der Waals surface area contributed by atoms with Gasteiger partial charge in [-0.25, -0.2) is 13.8 Å². The van der Waals surface area contributed by atoms with Crippen LogP contribution in [0.15, 0.2) is 6.20 Å². The van der Waals surface area contributed by atoms with Gasteiger partial charge in [-0.2, -0.15) is 4.98 Å². The zero-order valence-corrected chi connectivity index (χ0v) is 9.74. The summed E-state index contributed by atoms with van der Waals surface area (Å²) in [6.45, 7) is 4.08. The molecule has 0 spiro atoms. The van der Waals surface area contributed by atoms with E-state index >= 15 is 0 Å². The van der Waals surface area contributed by atoms with Gasteiger partial charge in [-0.3, -0.25) is 0 Å². The van der Waals surface area contributed by atoms with E-state index in [-0.39, 0.29) is 6.54 Å². The third-order valence-electron chi connectivity index (χ3n) is 2.08. The maximum atomic E-state index is 12.1. The Kier molecular flexibility index (Phi) is 5.02. The lowest BCUT2D eigenvalue weighted by Gasteiger charge is -2.13. The van der Waals surface area contributed by atoms with Crippen molar-refractivity contribution in [1.29, 1.82) is 0 Å². The first-order chi connectivity index (χ1) is 8.04. The third kappa shape index (κ3) is 4.10. The molecule has 0 aliphatic heterocycles. The van der Waals surface area contributed by atoms with Crippen LogP contribution in [0, 0.1) is 6.92 Å². The van der Waals surface area contributed by atoms with E-state index in [0.29, 0.717) is 18.3 Å². The number of halogens is 2. The fraction of sp³-hybridized carbons (Fsp3) is 0.600. The number of aromatic nitrogens is 2. The predicted octanol–water partition coefficient (Wildman–Crippen LogP) is 1.25. The highest BCUT2D eigenvalue weighted by Gasteiger charge is 2.16. The number of aliphatic hydroxyl groups excluding tert-OH is 1. The minimum absolute atomic E-state index is 0.249. The van der Waals surface area contributed by atoms with E-state index < -0.39 is 12.5 Å². The summed E-state index contributed by atoms with van der Waals surface area (Å²) in [5.41, 5.74) is 0.730. The molecular weight excluding hydrogens is 230 g/mol. The molecule has 0 bridgehead atoms. The van der Waals surface area contributed by atoms with Crippen LogP contribution in [-0.4, -0.2) is 40.7 Å². The molecule has 17 heavy (non-hydrogen) atoms. The van der Waals surface area contributed by atoms with E-state index in [0.717, 1.165) is 5.56 Å². The van der Waals surface area contributed by atoms with Crippen molar-refractivity contribution in [3.63, 3.8) is 0 Å². The van der Waals surface area contributed by atoms with Gasteiger partial charge in [0.05, 0.1) is 0 Å². The molecule has 1 atom stereocenters. The lowest BCUT2D eigenvalue weighted by Crippen LogP contribution is -2.27. The number of hydrogen-bond donors (Lipinski definition) is 3. The summed E-state index contributed by atoms with van der Waals surface area (Å²) < 4.78 is 24.2. The fourth-order valence-electron chi connectivity index (χ4n) is 1.15. The van der Waals surface area contributed by atoms with Crippen molar-refractivity contribution >= 4 is 11.8 Å². The summed E-state index contributed by atoms with van der Waals surface area (Å²) >= 11 is 0. The molecular formula is C10H16F2N4O. The zero-order valence-electron chi connectivity index (χ0n) is 9.74. The Bertz CT molecular complexity index is 362. The maximum Gasteiger partial charge on any atom is 0.265 e. The Labute approximate surface area is 98.3 Å². The summed E-state index contributed by atoms with van der Waals surface area (Å²) in [5.74, 6) is 0.864. The second kappa shape index (κ2) is 6.29. The standard InChI is InChI=1S/C10H16F2N4O/c1-3-13-10-15-4-6(2)9(16-10)14-5-7(17)8(11)12/h4,7-8,17H,3,5H2,1-2H3,(H2,13,14,15,16). The number of alkyl halides is 2. The van der Waals surface area contributed by atoms with Crippen LogP contribution < -0.4 is 10.6 Å². The fourth-order valence-corrected chi connectivity index (χ4v) is 1.15. The van der Waals surface area contributed by atoms with E-state index in [9.17, 15) is 8.78 Å². The van der Waals surface area contributed by atoms with E-state index in [2.05, 4.69) is 20.6 Å². The van der Waals surface area contributed by atoms with Crippen LogP contribution in [0.4, 0.5) is 20.5 Å². The molecule has 96 valence electrons. The highest BCUT2D eigenvalue weighted by Crippen LogP contribution is 2.13. The molecule has 1 heterocycles. The minimum atomic E-state index is -2.77. The van der Waals surface area contributed by atoms with Gasteiger partial charge in [-0.15, -0.1) is 0 Å². The molecule has 1 rings (SSSR count). The minimum Gasteiger partial charge on any atom is -0.385 e. The molecule has 0 saturated carbocycles. The molecule has 1 aromatic heterocycles. The average Bonchev–Trinajstić information content (AvgIpc) is 2.29. The van der Waals surface area contributed by atoms with Crippen molar-refractivity contribution in [2.24, 2.45) is 0 Å². The molecule has 1 unspecified atom stereocenters. The summed E-state index contributed by atoms with van der Waals surface area (Å²) in [7, 11) is 0. The summed E-state index contributed by atoms with van der Waals surface area (Å²) in [6.07, 6.45) is -2.88. The number of nitrogens with one attached hydrogen (secondary N) is 2. The monoisotopic (exact) mass is 246 g/mol. The largest absolute Gasteiger partial charge is 0.385 e. The van der Waals surface area contributed by atoms with Crippen LogP contribution in [0.3, 0.4) is 0 Å². The zero-order chi connectivity index (χ0) is 12.8. The molecule has 1 aromatic rings. The Balaban J connectivity index is 2.66. The quantitative estimate of drug-likeness (QED) is 0.705. The van der Waals surface area contributed by atoms with Crippen LogP contribution in [0.25, 0.3) is 0 Å². The van der Waals surface area contributed by atoms with Crippen molar-refractivity contribution in [3.8, 4) is 0 Å². The van der Waals surface area contributed by atoms with E-state index in [1.807, 2.05) is 6.92 Å². The first-order valence-corrected chi connectivity index (χ1v) is 5.32. The second-order valence-corrected chi connectivity index (χ2v) is 3.54. The lowest BCUT2D eigenvalue weighted by atomic mass is 10.3. The van der Waals surface area contributed by atoms with Crippen LogP contribution in [-0.2, 0) is 0 Å². The van der Waals surface area contributed by atoms with E-state index in [4.69, 9.17) is 5.11 Å². The van der Waals surface area contributed by atoms with Crippen LogP contribution >= 0.6 is 0 Å². The van der Waals surface area contributed by atoms with Crippen LogP contribution in [0.5, 0.6) is 0 Å². The van der Waals surface area contributed by atoms with Crippen molar-refractivity contribution in [2.75, 3.05) is 23.7 Å². The molecule has 0 radical (unpaired) electrons. The highest BCUT2D eigenvalue weighted by molar-refractivity contribution is 5.46.